The van der Waals surface area contributed by atoms with Crippen molar-refractivity contribution in [3.05, 3.63) is 29.8 Å². The van der Waals surface area contributed by atoms with Gasteiger partial charge in [-0.1, -0.05) is 31.9 Å². The number of rotatable bonds is 4. The van der Waals surface area contributed by atoms with E-state index in [1.54, 1.807) is 31.2 Å². The van der Waals surface area contributed by atoms with Crippen LogP contribution >= 0.6 is 31.9 Å². The lowest BCUT2D eigenvalue weighted by Crippen LogP contribution is -2.46. The molecule has 0 radical (unpaired) electrons. The molecule has 6 nitrogen and oxygen atoms in total. The van der Waals surface area contributed by atoms with Crippen molar-refractivity contribution in [3.63, 3.8) is 0 Å². The van der Waals surface area contributed by atoms with Gasteiger partial charge in [-0.2, -0.15) is 0 Å². The highest BCUT2D eigenvalue weighted by Gasteiger charge is 2.67. The molecule has 8 heteroatoms. The van der Waals surface area contributed by atoms with Crippen LogP contribution in [0.25, 0.3) is 0 Å². The molecule has 3 fully saturated rings. The zero-order valence-electron chi connectivity index (χ0n) is 15.4. The van der Waals surface area contributed by atoms with Crippen molar-refractivity contribution in [1.82, 2.24) is 4.90 Å². The third kappa shape index (κ3) is 2.87. The summed E-state index contributed by atoms with van der Waals surface area (Å²) in [6.45, 7) is 3.05. The van der Waals surface area contributed by atoms with Gasteiger partial charge in [0.1, 0.15) is 6.04 Å². The Labute approximate surface area is 179 Å². The highest BCUT2D eigenvalue weighted by Crippen LogP contribution is 2.60. The Morgan fingerprint density at radius 2 is 1.54 bits per heavy atom. The van der Waals surface area contributed by atoms with Crippen LogP contribution in [0.3, 0.4) is 0 Å². The summed E-state index contributed by atoms with van der Waals surface area (Å²) in [5.74, 6) is -1.37. The molecule has 0 spiro atoms. The van der Waals surface area contributed by atoms with Crippen LogP contribution < -0.4 is 5.32 Å². The van der Waals surface area contributed by atoms with E-state index in [4.69, 9.17) is 0 Å². The Kier molecular flexibility index (Phi) is 4.98. The fraction of sp³-hybridized carbons (Fsp3) is 0.500. The van der Waals surface area contributed by atoms with E-state index in [0.717, 1.165) is 11.3 Å². The summed E-state index contributed by atoms with van der Waals surface area (Å²) in [5, 5.41) is 2.73. The summed E-state index contributed by atoms with van der Waals surface area (Å²) >= 11 is 7.32. The quantitative estimate of drug-likeness (QED) is 0.382. The Morgan fingerprint density at radius 3 is 2.00 bits per heavy atom. The standard InChI is InChI=1S/C20H20Br2N2O4/c1-8(18(26)23-11-5-3-10(4-6-11)9(2)25)24-19(27)14-12-7-13(15(14)20(24)28)17(22)16(12)21/h3-6,8,12-17H,7H2,1-2H3,(H,23,26)/t8-,12+,13+,14+,15+,16-,17+/m0/s1. The van der Waals surface area contributed by atoms with Crippen molar-refractivity contribution >= 4 is 61.1 Å². The fourth-order valence-electron chi connectivity index (χ4n) is 4.91. The second-order valence-corrected chi connectivity index (χ2v) is 9.96. The SMILES string of the molecule is CC(=O)c1ccc(NC(=O)[C@H](C)N2C(=O)[C@@H]3[C@H]4C[C@@H]([C@@H](Br)[C@H]4Br)[C@H]3C2=O)cc1. The first-order valence-electron chi connectivity index (χ1n) is 9.29. The number of nitrogens with one attached hydrogen (secondary N) is 1. The van der Waals surface area contributed by atoms with Gasteiger partial charge < -0.3 is 5.32 Å². The highest BCUT2D eigenvalue weighted by atomic mass is 79.9. The molecule has 3 aliphatic rings. The number of likely N-dealkylation sites (tertiary alicyclic amines) is 1. The number of hydrogen-bond donors (Lipinski definition) is 1. The summed E-state index contributed by atoms with van der Waals surface area (Å²) in [5.41, 5.74) is 1.06. The molecule has 148 valence electrons. The number of fused-ring (bicyclic) bond motifs is 5. The Bertz CT molecular complexity index is 839. The number of carbonyl (C=O) groups excluding carboxylic acids is 4. The fourth-order valence-corrected chi connectivity index (χ4v) is 6.78. The monoisotopic (exact) mass is 510 g/mol. The molecule has 1 aliphatic heterocycles. The molecule has 2 saturated carbocycles. The number of anilines is 1. The lowest BCUT2D eigenvalue weighted by molar-refractivity contribution is -0.146. The molecule has 28 heavy (non-hydrogen) atoms. The van der Waals surface area contributed by atoms with Gasteiger partial charge >= 0.3 is 0 Å². The average molecular weight is 512 g/mol. The summed E-state index contributed by atoms with van der Waals surface area (Å²) in [4.78, 5) is 51.6. The third-order valence-corrected chi connectivity index (χ3v) is 9.55. The van der Waals surface area contributed by atoms with Gasteiger partial charge in [0, 0.05) is 20.9 Å². The predicted octanol–water partition coefficient (Wildman–Crippen LogP) is 2.99. The van der Waals surface area contributed by atoms with Crippen molar-refractivity contribution in [2.75, 3.05) is 5.32 Å². The number of carbonyl (C=O) groups is 4. The van der Waals surface area contributed by atoms with Crippen LogP contribution in [-0.4, -0.2) is 44.1 Å². The Hall–Kier alpha value is -1.54. The maximum absolute atomic E-state index is 13.0. The molecule has 1 N–H and O–H groups in total. The van der Waals surface area contributed by atoms with Crippen LogP contribution in [0, 0.1) is 23.7 Å². The number of ketones is 1. The molecule has 2 aliphatic carbocycles. The number of alkyl halides is 2. The minimum absolute atomic E-state index is 0.0594. The lowest BCUT2D eigenvalue weighted by atomic mass is 9.81. The van der Waals surface area contributed by atoms with Crippen LogP contribution in [0.15, 0.2) is 24.3 Å². The zero-order chi connectivity index (χ0) is 20.3. The van der Waals surface area contributed by atoms with Crippen molar-refractivity contribution in [3.8, 4) is 0 Å². The van der Waals surface area contributed by atoms with Gasteiger partial charge in [0.25, 0.3) is 0 Å². The minimum atomic E-state index is -0.889. The number of nitrogens with zero attached hydrogens (tertiary/aromatic N) is 1. The van der Waals surface area contributed by atoms with E-state index in [2.05, 4.69) is 37.2 Å². The maximum atomic E-state index is 13.0. The number of hydrogen-bond acceptors (Lipinski definition) is 4. The number of amides is 3. The van der Waals surface area contributed by atoms with E-state index in [1.165, 1.54) is 6.92 Å². The first-order chi connectivity index (χ1) is 13.2. The molecule has 0 aromatic heterocycles. The zero-order valence-corrected chi connectivity index (χ0v) is 18.6. The first-order valence-corrected chi connectivity index (χ1v) is 11.1. The topological polar surface area (TPSA) is 83.6 Å². The van der Waals surface area contributed by atoms with Gasteiger partial charge in [0.2, 0.25) is 17.7 Å². The van der Waals surface area contributed by atoms with E-state index in [1.807, 2.05) is 0 Å². The van der Waals surface area contributed by atoms with Crippen LogP contribution in [-0.2, 0) is 14.4 Å². The summed E-state index contributed by atoms with van der Waals surface area (Å²) in [7, 11) is 0. The molecule has 1 heterocycles. The van der Waals surface area contributed by atoms with Crippen molar-refractivity contribution in [1.29, 1.82) is 0 Å². The molecular formula is C20H20Br2N2O4. The molecular weight excluding hydrogens is 492 g/mol. The largest absolute Gasteiger partial charge is 0.324 e. The van der Waals surface area contributed by atoms with Crippen LogP contribution in [0.1, 0.15) is 30.6 Å². The molecule has 4 rings (SSSR count). The van der Waals surface area contributed by atoms with E-state index in [0.29, 0.717) is 11.3 Å². The van der Waals surface area contributed by atoms with Crippen LogP contribution in [0.5, 0.6) is 0 Å². The average Bonchev–Trinajstić information content (AvgIpc) is 3.26. The second-order valence-electron chi connectivity index (χ2n) is 7.85. The second kappa shape index (κ2) is 7.06. The van der Waals surface area contributed by atoms with Gasteiger partial charge in [-0.3, -0.25) is 24.1 Å². The smallest absolute Gasteiger partial charge is 0.247 e. The highest BCUT2D eigenvalue weighted by molar-refractivity contribution is 9.12. The maximum Gasteiger partial charge on any atom is 0.247 e. The minimum Gasteiger partial charge on any atom is -0.324 e. The summed E-state index contributed by atoms with van der Waals surface area (Å²) < 4.78 is 0. The first kappa shape index (κ1) is 19.8. The number of benzene rings is 1. The number of Topliss-reactive ketones (excluding diaryl/α,β-unsaturated/α-hetero) is 1. The Morgan fingerprint density at radius 1 is 1.04 bits per heavy atom. The van der Waals surface area contributed by atoms with Gasteiger partial charge in [0.15, 0.2) is 5.78 Å². The van der Waals surface area contributed by atoms with Gasteiger partial charge in [-0.25, -0.2) is 0 Å². The lowest BCUT2D eigenvalue weighted by Gasteiger charge is -2.28. The molecule has 3 amide bonds. The summed E-state index contributed by atoms with van der Waals surface area (Å²) in [6, 6.07) is 5.63. The van der Waals surface area contributed by atoms with Crippen molar-refractivity contribution in [2.24, 2.45) is 23.7 Å². The van der Waals surface area contributed by atoms with Gasteiger partial charge in [0.05, 0.1) is 11.8 Å². The van der Waals surface area contributed by atoms with Crippen LogP contribution in [0.2, 0.25) is 0 Å². The van der Waals surface area contributed by atoms with Crippen molar-refractivity contribution in [2.45, 2.75) is 36.0 Å². The Balaban J connectivity index is 1.50. The predicted molar refractivity (Wildman–Crippen MR) is 110 cm³/mol. The van der Waals surface area contributed by atoms with E-state index in [-0.39, 0.29) is 50.9 Å². The van der Waals surface area contributed by atoms with E-state index >= 15 is 0 Å². The van der Waals surface area contributed by atoms with E-state index < -0.39 is 11.9 Å². The molecule has 2 bridgehead atoms. The van der Waals surface area contributed by atoms with Crippen LogP contribution in [0.4, 0.5) is 5.69 Å². The molecule has 7 atom stereocenters. The number of imide groups is 1. The van der Waals surface area contributed by atoms with Gasteiger partial charge in [-0.05, 0) is 56.4 Å². The molecule has 0 unspecified atom stereocenters. The number of halogens is 2. The third-order valence-electron chi connectivity index (χ3n) is 6.35. The van der Waals surface area contributed by atoms with Crippen molar-refractivity contribution < 1.29 is 19.2 Å². The van der Waals surface area contributed by atoms with Gasteiger partial charge in [-0.15, -0.1) is 0 Å². The molecule has 1 aromatic carbocycles. The van der Waals surface area contributed by atoms with E-state index in [9.17, 15) is 19.2 Å². The normalized spacial score (nSPS) is 34.5. The molecule has 1 aromatic rings. The summed E-state index contributed by atoms with van der Waals surface area (Å²) in [6.07, 6.45) is 0.857. The molecule has 1 saturated heterocycles.